The summed E-state index contributed by atoms with van der Waals surface area (Å²) in [5.74, 6) is 0.378. The van der Waals surface area contributed by atoms with Crippen LogP contribution in [0.4, 0.5) is 0 Å². The molecule has 2 fully saturated rings. The van der Waals surface area contributed by atoms with Crippen LogP contribution in [0.15, 0.2) is 0 Å². The van der Waals surface area contributed by atoms with Gasteiger partial charge in [-0.3, -0.25) is 4.79 Å². The molecular formula is C15H28N2O4S. The third-order valence-corrected chi connectivity index (χ3v) is 5.99. The van der Waals surface area contributed by atoms with Crippen molar-refractivity contribution >= 4 is 15.9 Å². The smallest absolute Gasteiger partial charge is 0.238 e. The quantitative estimate of drug-likeness (QED) is 0.740. The Hall–Kier alpha value is -0.660. The fourth-order valence-electron chi connectivity index (χ4n) is 3.43. The molecule has 0 spiro atoms. The van der Waals surface area contributed by atoms with Crippen LogP contribution in [0.1, 0.15) is 45.4 Å². The van der Waals surface area contributed by atoms with E-state index in [9.17, 15) is 13.2 Å². The van der Waals surface area contributed by atoms with Crippen LogP contribution < -0.4 is 5.32 Å². The first-order valence-electron chi connectivity index (χ1n) is 8.25. The van der Waals surface area contributed by atoms with E-state index in [1.165, 1.54) is 23.6 Å². The van der Waals surface area contributed by atoms with Gasteiger partial charge < -0.3 is 10.1 Å². The van der Waals surface area contributed by atoms with Gasteiger partial charge in [-0.25, -0.2) is 8.42 Å². The van der Waals surface area contributed by atoms with Crippen LogP contribution in [0.3, 0.4) is 0 Å². The van der Waals surface area contributed by atoms with Crippen LogP contribution in [-0.2, 0) is 19.6 Å². The summed E-state index contributed by atoms with van der Waals surface area (Å²) in [6, 6.07) is -0.552. The molecule has 1 saturated carbocycles. The summed E-state index contributed by atoms with van der Waals surface area (Å²) in [5.41, 5.74) is 0. The number of hydrogen-bond acceptors (Lipinski definition) is 4. The molecule has 1 amide bonds. The second kappa shape index (κ2) is 7.75. The molecule has 0 aromatic heterocycles. The molecule has 0 aromatic carbocycles. The zero-order valence-corrected chi connectivity index (χ0v) is 14.4. The van der Waals surface area contributed by atoms with Gasteiger partial charge >= 0.3 is 0 Å². The van der Waals surface area contributed by atoms with Crippen molar-refractivity contribution in [2.75, 3.05) is 26.0 Å². The van der Waals surface area contributed by atoms with Gasteiger partial charge in [-0.1, -0.05) is 19.8 Å². The number of ether oxygens (including phenoxy) is 1. The highest BCUT2D eigenvalue weighted by molar-refractivity contribution is 7.88. The van der Waals surface area contributed by atoms with Gasteiger partial charge in [-0.2, -0.15) is 4.31 Å². The van der Waals surface area contributed by atoms with Crippen LogP contribution in [0.5, 0.6) is 0 Å². The van der Waals surface area contributed by atoms with E-state index in [0.29, 0.717) is 38.1 Å². The van der Waals surface area contributed by atoms with Crippen LogP contribution in [-0.4, -0.2) is 56.7 Å². The summed E-state index contributed by atoms with van der Waals surface area (Å²) in [6.45, 7) is 3.58. The fraction of sp³-hybridized carbons (Fsp3) is 0.933. The summed E-state index contributed by atoms with van der Waals surface area (Å²) < 4.78 is 30.4. The van der Waals surface area contributed by atoms with E-state index in [-0.39, 0.29) is 5.91 Å². The van der Waals surface area contributed by atoms with Crippen LogP contribution >= 0.6 is 0 Å². The fourth-order valence-corrected chi connectivity index (χ4v) is 4.56. The Balaban J connectivity index is 1.71. The van der Waals surface area contributed by atoms with Crippen molar-refractivity contribution in [2.45, 2.75) is 57.6 Å². The molecule has 128 valence electrons. The summed E-state index contributed by atoms with van der Waals surface area (Å²) in [7, 11) is -3.31. The molecule has 0 unspecified atom stereocenters. The molecule has 7 heteroatoms. The number of sulfonamides is 1. The number of hydrogen-bond donors (Lipinski definition) is 1. The van der Waals surface area contributed by atoms with E-state index in [1.807, 2.05) is 0 Å². The first-order valence-corrected chi connectivity index (χ1v) is 10.1. The highest BCUT2D eigenvalue weighted by atomic mass is 32.2. The zero-order chi connectivity index (χ0) is 16.2. The Morgan fingerprint density at radius 2 is 1.95 bits per heavy atom. The summed E-state index contributed by atoms with van der Waals surface area (Å²) in [6.07, 6.45) is 7.59. The Morgan fingerprint density at radius 1 is 1.23 bits per heavy atom. The van der Waals surface area contributed by atoms with Crippen LogP contribution in [0.25, 0.3) is 0 Å². The molecule has 0 bridgehead atoms. The minimum Gasteiger partial charge on any atom is -0.376 e. The van der Waals surface area contributed by atoms with Crippen LogP contribution in [0.2, 0.25) is 0 Å². The first-order chi connectivity index (χ1) is 10.4. The molecule has 0 radical (unpaired) electrons. The molecule has 1 aliphatic carbocycles. The topological polar surface area (TPSA) is 75.7 Å². The summed E-state index contributed by atoms with van der Waals surface area (Å²) >= 11 is 0. The van der Waals surface area contributed by atoms with Crippen molar-refractivity contribution in [3.05, 3.63) is 0 Å². The summed E-state index contributed by atoms with van der Waals surface area (Å²) in [4.78, 5) is 12.1. The standard InChI is InChI=1S/C15H28N2O4S/c1-12-6-3-4-8-14(12)21-11-9-16-15(18)13-7-5-10-17(13)22(2,19)20/h12-14H,3-11H2,1-2H3,(H,16,18)/t12-,13+,14-/m1/s1. The minimum atomic E-state index is -3.31. The molecule has 6 nitrogen and oxygen atoms in total. The third kappa shape index (κ3) is 4.67. The van der Waals surface area contributed by atoms with E-state index in [4.69, 9.17) is 4.74 Å². The van der Waals surface area contributed by atoms with Gasteiger partial charge in [0.25, 0.3) is 0 Å². The van der Waals surface area contributed by atoms with Crippen molar-refractivity contribution in [1.29, 1.82) is 0 Å². The normalized spacial score (nSPS) is 30.4. The number of carbonyl (C=O) groups is 1. The van der Waals surface area contributed by atoms with E-state index in [0.717, 1.165) is 19.1 Å². The Labute approximate surface area is 133 Å². The molecule has 1 N–H and O–H groups in total. The van der Waals surface area contributed by atoms with Gasteiger partial charge in [0, 0.05) is 13.1 Å². The van der Waals surface area contributed by atoms with E-state index < -0.39 is 16.1 Å². The number of amides is 1. The monoisotopic (exact) mass is 332 g/mol. The van der Waals surface area contributed by atoms with E-state index >= 15 is 0 Å². The average molecular weight is 332 g/mol. The predicted molar refractivity (Wildman–Crippen MR) is 85.0 cm³/mol. The second-order valence-corrected chi connectivity index (χ2v) is 8.43. The molecule has 0 aromatic rings. The maximum absolute atomic E-state index is 12.1. The van der Waals surface area contributed by atoms with Gasteiger partial charge in [-0.15, -0.1) is 0 Å². The SMILES string of the molecule is C[C@@H]1CCCC[C@H]1OCCNC(=O)[C@@H]1CCCN1S(C)(=O)=O. The third-order valence-electron chi connectivity index (χ3n) is 4.70. The number of nitrogens with zero attached hydrogens (tertiary/aromatic N) is 1. The molecule has 1 heterocycles. The minimum absolute atomic E-state index is 0.205. The number of nitrogens with one attached hydrogen (secondary N) is 1. The highest BCUT2D eigenvalue weighted by Crippen LogP contribution is 2.26. The van der Waals surface area contributed by atoms with Crippen molar-refractivity contribution < 1.29 is 17.9 Å². The summed E-state index contributed by atoms with van der Waals surface area (Å²) in [5, 5.41) is 2.81. The Bertz CT molecular complexity index is 480. The number of rotatable bonds is 6. The molecule has 3 atom stereocenters. The molecular weight excluding hydrogens is 304 g/mol. The van der Waals surface area contributed by atoms with Crippen molar-refractivity contribution in [1.82, 2.24) is 9.62 Å². The Kier molecular flexibility index (Phi) is 6.23. The lowest BCUT2D eigenvalue weighted by Crippen LogP contribution is -2.46. The maximum Gasteiger partial charge on any atom is 0.238 e. The zero-order valence-electron chi connectivity index (χ0n) is 13.6. The molecule has 22 heavy (non-hydrogen) atoms. The lowest BCUT2D eigenvalue weighted by atomic mass is 9.88. The van der Waals surface area contributed by atoms with Crippen molar-refractivity contribution in [3.63, 3.8) is 0 Å². The number of carbonyl (C=O) groups excluding carboxylic acids is 1. The average Bonchev–Trinajstić information content (AvgIpc) is 2.94. The molecule has 2 rings (SSSR count). The van der Waals surface area contributed by atoms with Gasteiger partial charge in [0.15, 0.2) is 0 Å². The lowest BCUT2D eigenvalue weighted by Gasteiger charge is -2.29. The molecule has 1 saturated heterocycles. The van der Waals surface area contributed by atoms with Gasteiger partial charge in [0.1, 0.15) is 6.04 Å². The van der Waals surface area contributed by atoms with Gasteiger partial charge in [0.05, 0.1) is 19.0 Å². The molecule has 2 aliphatic rings. The largest absolute Gasteiger partial charge is 0.376 e. The van der Waals surface area contributed by atoms with Gasteiger partial charge in [0.2, 0.25) is 15.9 Å². The van der Waals surface area contributed by atoms with Crippen molar-refractivity contribution in [2.24, 2.45) is 5.92 Å². The van der Waals surface area contributed by atoms with Gasteiger partial charge in [-0.05, 0) is 31.6 Å². The van der Waals surface area contributed by atoms with Crippen LogP contribution in [0, 0.1) is 5.92 Å². The lowest BCUT2D eigenvalue weighted by molar-refractivity contribution is -0.124. The Morgan fingerprint density at radius 3 is 2.64 bits per heavy atom. The van der Waals surface area contributed by atoms with E-state index in [2.05, 4.69) is 12.2 Å². The highest BCUT2D eigenvalue weighted by Gasteiger charge is 2.36. The second-order valence-electron chi connectivity index (χ2n) is 6.49. The predicted octanol–water partition coefficient (Wildman–Crippen LogP) is 1.12. The van der Waals surface area contributed by atoms with E-state index in [1.54, 1.807) is 0 Å². The maximum atomic E-state index is 12.1. The van der Waals surface area contributed by atoms with Crippen molar-refractivity contribution in [3.8, 4) is 0 Å². The molecule has 1 aliphatic heterocycles. The first kappa shape index (κ1) is 17.7.